The van der Waals surface area contributed by atoms with Crippen LogP contribution in [0.2, 0.25) is 0 Å². The van der Waals surface area contributed by atoms with E-state index in [9.17, 15) is 4.79 Å². The quantitative estimate of drug-likeness (QED) is 0.851. The molecule has 2 aromatic rings. The molecule has 0 saturated heterocycles. The monoisotopic (exact) mass is 307 g/mol. The molecular weight excluding hydrogens is 290 g/mol. The second kappa shape index (κ2) is 7.05. The molecule has 7 heteroatoms. The second-order valence-corrected chi connectivity index (χ2v) is 5.13. The molecule has 0 spiro atoms. The summed E-state index contributed by atoms with van der Waals surface area (Å²) in [6, 6.07) is 5.19. The summed E-state index contributed by atoms with van der Waals surface area (Å²) < 4.78 is 10.4. The Morgan fingerprint density at radius 1 is 1.38 bits per heavy atom. The van der Waals surface area contributed by atoms with Gasteiger partial charge in [0.1, 0.15) is 17.2 Å². The third-order valence-corrected chi connectivity index (χ3v) is 3.71. The Morgan fingerprint density at radius 2 is 2.19 bits per heavy atom. The van der Waals surface area contributed by atoms with Gasteiger partial charge in [0.2, 0.25) is 0 Å². The first-order valence-corrected chi connectivity index (χ1v) is 7.23. The van der Waals surface area contributed by atoms with Crippen molar-refractivity contribution in [2.45, 2.75) is 6.42 Å². The van der Waals surface area contributed by atoms with Crippen molar-refractivity contribution in [2.75, 3.05) is 26.1 Å². The lowest BCUT2D eigenvalue weighted by atomic mass is 10.2. The van der Waals surface area contributed by atoms with Gasteiger partial charge in [-0.15, -0.1) is 11.3 Å². The number of nitrogens with two attached hydrogens (primary N) is 1. The van der Waals surface area contributed by atoms with Crippen LogP contribution >= 0.6 is 11.3 Å². The average Bonchev–Trinajstić information content (AvgIpc) is 2.96. The fraction of sp³-hybridized carbons (Fsp3) is 0.286. The molecule has 0 aliphatic rings. The van der Waals surface area contributed by atoms with Crippen molar-refractivity contribution in [3.8, 4) is 11.5 Å². The van der Waals surface area contributed by atoms with Crippen LogP contribution in [0.4, 0.5) is 5.69 Å². The number of thiazole rings is 1. The number of benzene rings is 1. The number of aromatic nitrogens is 1. The van der Waals surface area contributed by atoms with Crippen molar-refractivity contribution < 1.29 is 14.3 Å². The molecule has 112 valence electrons. The van der Waals surface area contributed by atoms with E-state index in [4.69, 9.17) is 15.2 Å². The van der Waals surface area contributed by atoms with E-state index in [1.54, 1.807) is 37.8 Å². The average molecular weight is 307 g/mol. The van der Waals surface area contributed by atoms with Gasteiger partial charge in [0, 0.05) is 17.9 Å². The first-order chi connectivity index (χ1) is 10.2. The van der Waals surface area contributed by atoms with Crippen LogP contribution < -0.4 is 20.5 Å². The molecule has 1 aromatic carbocycles. The van der Waals surface area contributed by atoms with Gasteiger partial charge in [-0.25, -0.2) is 4.98 Å². The topological polar surface area (TPSA) is 86.5 Å². The lowest BCUT2D eigenvalue weighted by Crippen LogP contribution is -2.13. The molecule has 3 N–H and O–H groups in total. The number of methoxy groups -OCH3 is 2. The number of nitrogens with one attached hydrogen (secondary N) is 1. The molecular formula is C14H17N3O3S. The summed E-state index contributed by atoms with van der Waals surface area (Å²) in [5.41, 5.74) is 6.38. The molecule has 0 atom stereocenters. The Kier molecular flexibility index (Phi) is 5.13. The largest absolute Gasteiger partial charge is 0.497 e. The predicted octanol–water partition coefficient (Wildman–Crippen LogP) is 1.91. The van der Waals surface area contributed by atoms with Crippen LogP contribution in [0, 0.1) is 0 Å². The summed E-state index contributed by atoms with van der Waals surface area (Å²) >= 11 is 1.42. The van der Waals surface area contributed by atoms with Crippen LogP contribution in [0.15, 0.2) is 23.6 Å². The van der Waals surface area contributed by atoms with Crippen LogP contribution in [0.5, 0.6) is 11.5 Å². The van der Waals surface area contributed by atoms with Crippen molar-refractivity contribution in [3.05, 3.63) is 34.3 Å². The Balaban J connectivity index is 2.17. The minimum Gasteiger partial charge on any atom is -0.497 e. The lowest BCUT2D eigenvalue weighted by Gasteiger charge is -2.10. The van der Waals surface area contributed by atoms with E-state index in [-0.39, 0.29) is 5.91 Å². The van der Waals surface area contributed by atoms with E-state index in [1.165, 1.54) is 11.3 Å². The lowest BCUT2D eigenvalue weighted by molar-refractivity contribution is 0.102. The molecule has 0 unspecified atom stereocenters. The van der Waals surface area contributed by atoms with Gasteiger partial charge in [-0.05, 0) is 18.7 Å². The zero-order valence-corrected chi connectivity index (χ0v) is 12.7. The molecule has 1 aromatic heterocycles. The van der Waals surface area contributed by atoms with Crippen LogP contribution in [-0.4, -0.2) is 31.7 Å². The standard InChI is InChI=1S/C14H17N3O3S/c1-19-9-3-4-12(20-2)10(7-9)17-14(18)11-8-21-13(16-11)5-6-15/h3-4,7-8H,5-6,15H2,1-2H3,(H,17,18). The molecule has 1 heterocycles. The molecule has 6 nitrogen and oxygen atoms in total. The Bertz CT molecular complexity index is 628. The summed E-state index contributed by atoms with van der Waals surface area (Å²) in [5, 5.41) is 5.34. The highest BCUT2D eigenvalue weighted by Gasteiger charge is 2.14. The normalized spacial score (nSPS) is 10.2. The van der Waals surface area contributed by atoms with Gasteiger partial charge < -0.3 is 20.5 Å². The zero-order chi connectivity index (χ0) is 15.2. The van der Waals surface area contributed by atoms with E-state index in [2.05, 4.69) is 10.3 Å². The number of amides is 1. The highest BCUT2D eigenvalue weighted by molar-refractivity contribution is 7.09. The zero-order valence-electron chi connectivity index (χ0n) is 11.9. The number of ether oxygens (including phenoxy) is 2. The minimum absolute atomic E-state index is 0.291. The number of carbonyl (C=O) groups is 1. The smallest absolute Gasteiger partial charge is 0.275 e. The summed E-state index contributed by atoms with van der Waals surface area (Å²) in [6.07, 6.45) is 0.667. The number of hydrogen-bond acceptors (Lipinski definition) is 6. The molecule has 0 bridgehead atoms. The number of nitrogens with zero attached hydrogens (tertiary/aromatic N) is 1. The Hall–Kier alpha value is -2.12. The molecule has 0 fully saturated rings. The van der Waals surface area contributed by atoms with Gasteiger partial charge in [0.05, 0.1) is 24.9 Å². The summed E-state index contributed by atoms with van der Waals surface area (Å²) in [7, 11) is 3.10. The van der Waals surface area contributed by atoms with Gasteiger partial charge >= 0.3 is 0 Å². The highest BCUT2D eigenvalue weighted by atomic mass is 32.1. The second-order valence-electron chi connectivity index (χ2n) is 4.19. The number of rotatable bonds is 6. The molecule has 0 aliphatic carbocycles. The Morgan fingerprint density at radius 3 is 2.86 bits per heavy atom. The third kappa shape index (κ3) is 3.71. The first-order valence-electron chi connectivity index (χ1n) is 6.35. The van der Waals surface area contributed by atoms with Crippen molar-refractivity contribution in [2.24, 2.45) is 5.73 Å². The molecule has 0 radical (unpaired) electrons. The highest BCUT2D eigenvalue weighted by Crippen LogP contribution is 2.29. The predicted molar refractivity (Wildman–Crippen MR) is 82.4 cm³/mol. The molecule has 0 saturated carbocycles. The minimum atomic E-state index is -0.291. The van der Waals surface area contributed by atoms with E-state index < -0.39 is 0 Å². The Labute approximate surface area is 126 Å². The van der Waals surface area contributed by atoms with E-state index in [1.807, 2.05) is 0 Å². The van der Waals surface area contributed by atoms with Gasteiger partial charge in [0.15, 0.2) is 0 Å². The summed E-state index contributed by atoms with van der Waals surface area (Å²) in [6.45, 7) is 0.512. The van der Waals surface area contributed by atoms with E-state index in [0.717, 1.165) is 5.01 Å². The summed E-state index contributed by atoms with van der Waals surface area (Å²) in [5.74, 6) is 0.899. The first kappa shape index (κ1) is 15.3. The number of hydrogen-bond donors (Lipinski definition) is 2. The van der Waals surface area contributed by atoms with Gasteiger partial charge in [-0.3, -0.25) is 4.79 Å². The fourth-order valence-electron chi connectivity index (χ4n) is 1.75. The SMILES string of the molecule is COc1ccc(OC)c(NC(=O)c2csc(CCN)n2)c1. The van der Waals surface area contributed by atoms with E-state index in [0.29, 0.717) is 35.8 Å². The number of carbonyl (C=O) groups excluding carboxylic acids is 1. The van der Waals surface area contributed by atoms with E-state index >= 15 is 0 Å². The molecule has 0 aliphatic heterocycles. The van der Waals surface area contributed by atoms with Gasteiger partial charge in [-0.2, -0.15) is 0 Å². The van der Waals surface area contributed by atoms with Crippen LogP contribution in [0.25, 0.3) is 0 Å². The molecule has 1 amide bonds. The van der Waals surface area contributed by atoms with Crippen molar-refractivity contribution >= 4 is 22.9 Å². The molecule has 2 rings (SSSR count). The van der Waals surface area contributed by atoms with Crippen molar-refractivity contribution in [1.29, 1.82) is 0 Å². The van der Waals surface area contributed by atoms with Crippen LogP contribution in [0.3, 0.4) is 0 Å². The fourth-order valence-corrected chi connectivity index (χ4v) is 2.55. The maximum Gasteiger partial charge on any atom is 0.275 e. The maximum atomic E-state index is 12.2. The van der Waals surface area contributed by atoms with Crippen molar-refractivity contribution in [1.82, 2.24) is 4.98 Å². The number of anilines is 1. The third-order valence-electron chi connectivity index (χ3n) is 2.80. The van der Waals surface area contributed by atoms with Gasteiger partial charge in [0.25, 0.3) is 5.91 Å². The van der Waals surface area contributed by atoms with Crippen molar-refractivity contribution in [3.63, 3.8) is 0 Å². The maximum absolute atomic E-state index is 12.2. The summed E-state index contributed by atoms with van der Waals surface area (Å²) in [4.78, 5) is 16.5. The molecule has 21 heavy (non-hydrogen) atoms. The van der Waals surface area contributed by atoms with Crippen LogP contribution in [0.1, 0.15) is 15.5 Å². The van der Waals surface area contributed by atoms with Gasteiger partial charge in [-0.1, -0.05) is 0 Å². The van der Waals surface area contributed by atoms with Crippen LogP contribution in [-0.2, 0) is 6.42 Å².